The van der Waals surface area contributed by atoms with E-state index in [1.807, 2.05) is 31.3 Å². The van der Waals surface area contributed by atoms with Crippen molar-refractivity contribution in [3.63, 3.8) is 0 Å². The summed E-state index contributed by atoms with van der Waals surface area (Å²) in [4.78, 5) is 0.856. The van der Waals surface area contributed by atoms with Gasteiger partial charge in [-0.3, -0.25) is 4.21 Å². The maximum absolute atomic E-state index is 12.6. The van der Waals surface area contributed by atoms with Crippen molar-refractivity contribution in [2.75, 3.05) is 12.8 Å². The van der Waals surface area contributed by atoms with Crippen LogP contribution in [0.5, 0.6) is 0 Å². The van der Waals surface area contributed by atoms with Crippen LogP contribution in [0.4, 0.5) is 0 Å². The van der Waals surface area contributed by atoms with Gasteiger partial charge >= 0.3 is 0 Å². The molecule has 0 amide bonds. The zero-order chi connectivity index (χ0) is 15.4. The van der Waals surface area contributed by atoms with Gasteiger partial charge in [0.2, 0.25) is 0 Å². The molecule has 2 aromatic carbocycles. The summed E-state index contributed by atoms with van der Waals surface area (Å²) in [7, 11) is 0.887. The van der Waals surface area contributed by atoms with E-state index in [2.05, 4.69) is 53.3 Å². The Labute approximate surface area is 137 Å². The van der Waals surface area contributed by atoms with Crippen molar-refractivity contribution >= 4 is 26.7 Å². The summed E-state index contributed by atoms with van der Waals surface area (Å²) in [6.07, 6.45) is 0. The first-order valence-electron chi connectivity index (χ1n) is 6.89. The minimum Gasteiger partial charge on any atom is -0.312 e. The molecule has 2 atom stereocenters. The highest BCUT2D eigenvalue weighted by molar-refractivity contribution is 9.10. The van der Waals surface area contributed by atoms with Crippen molar-refractivity contribution in [2.45, 2.75) is 24.8 Å². The quantitative estimate of drug-likeness (QED) is 0.862. The van der Waals surface area contributed by atoms with Crippen LogP contribution >= 0.6 is 15.9 Å². The minimum absolute atomic E-state index is 0.0865. The summed E-state index contributed by atoms with van der Waals surface area (Å²) >= 11 is 3.43. The van der Waals surface area contributed by atoms with Gasteiger partial charge in [0.1, 0.15) is 0 Å². The van der Waals surface area contributed by atoms with E-state index >= 15 is 0 Å². The highest BCUT2D eigenvalue weighted by Gasteiger charge is 2.15. The molecule has 0 aliphatic rings. The van der Waals surface area contributed by atoms with Gasteiger partial charge in [-0.25, -0.2) is 0 Å². The lowest BCUT2D eigenvalue weighted by atomic mass is 10.0. The predicted molar refractivity (Wildman–Crippen MR) is 93.1 cm³/mol. The second-order valence-electron chi connectivity index (χ2n) is 5.23. The number of aryl methyl sites for hydroxylation is 2. The average Bonchev–Trinajstić information content (AvgIpc) is 2.43. The summed E-state index contributed by atoms with van der Waals surface area (Å²) in [6.45, 7) is 4.18. The lowest BCUT2D eigenvalue weighted by Crippen LogP contribution is -2.23. The molecule has 2 nitrogen and oxygen atoms in total. The molecule has 0 saturated carbocycles. The monoisotopic (exact) mass is 365 g/mol. The molecule has 0 aromatic heterocycles. The van der Waals surface area contributed by atoms with E-state index < -0.39 is 10.8 Å². The summed E-state index contributed by atoms with van der Waals surface area (Å²) in [5.74, 6) is 0.565. The molecule has 0 saturated heterocycles. The molecule has 4 heteroatoms. The van der Waals surface area contributed by atoms with Crippen molar-refractivity contribution < 1.29 is 4.21 Å². The van der Waals surface area contributed by atoms with Gasteiger partial charge in [0.25, 0.3) is 0 Å². The normalized spacial score (nSPS) is 13.9. The Hall–Kier alpha value is -0.970. The number of benzene rings is 2. The first kappa shape index (κ1) is 16.4. The minimum atomic E-state index is -1.03. The molecule has 2 unspecified atom stereocenters. The number of halogens is 1. The molecule has 0 aliphatic carbocycles. The third kappa shape index (κ3) is 4.50. The molecule has 0 aliphatic heterocycles. The second kappa shape index (κ2) is 7.34. The molecule has 0 bridgehead atoms. The maximum Gasteiger partial charge on any atom is 0.0549 e. The third-order valence-electron chi connectivity index (χ3n) is 3.37. The molecule has 112 valence electrons. The zero-order valence-corrected chi connectivity index (χ0v) is 14.9. The van der Waals surface area contributed by atoms with E-state index in [4.69, 9.17) is 0 Å². The van der Waals surface area contributed by atoms with Gasteiger partial charge in [-0.15, -0.1) is 0 Å². The molecule has 2 rings (SSSR count). The van der Waals surface area contributed by atoms with Gasteiger partial charge in [-0.2, -0.15) is 0 Å². The van der Waals surface area contributed by atoms with Crippen molar-refractivity contribution in [1.82, 2.24) is 5.32 Å². The first-order valence-corrected chi connectivity index (χ1v) is 9.00. The Morgan fingerprint density at radius 1 is 1.14 bits per heavy atom. The first-order chi connectivity index (χ1) is 9.99. The van der Waals surface area contributed by atoms with Crippen LogP contribution in [0.25, 0.3) is 0 Å². The average molecular weight is 366 g/mol. The molecule has 21 heavy (non-hydrogen) atoms. The largest absolute Gasteiger partial charge is 0.312 e. The molecule has 0 heterocycles. The van der Waals surface area contributed by atoms with Crippen LogP contribution in [0.1, 0.15) is 22.7 Å². The summed E-state index contributed by atoms with van der Waals surface area (Å²) in [6, 6.07) is 14.3. The molecule has 1 N–H and O–H groups in total. The van der Waals surface area contributed by atoms with Gasteiger partial charge in [0, 0.05) is 21.2 Å². The third-order valence-corrected chi connectivity index (χ3v) is 5.28. The molecular formula is C17H20BrNOS. The van der Waals surface area contributed by atoms with Crippen LogP contribution in [-0.4, -0.2) is 17.0 Å². The SMILES string of the molecule is CNC(CS(=O)c1cccc(Br)c1)c1cc(C)cc(C)c1. The van der Waals surface area contributed by atoms with E-state index in [1.165, 1.54) is 16.7 Å². The molecule has 2 aromatic rings. The highest BCUT2D eigenvalue weighted by atomic mass is 79.9. The van der Waals surface area contributed by atoms with Gasteiger partial charge in [-0.1, -0.05) is 51.3 Å². The van der Waals surface area contributed by atoms with Gasteiger partial charge in [-0.05, 0) is 44.7 Å². The van der Waals surface area contributed by atoms with E-state index in [0.29, 0.717) is 5.75 Å². The van der Waals surface area contributed by atoms with E-state index in [9.17, 15) is 4.21 Å². The van der Waals surface area contributed by atoms with Crippen molar-refractivity contribution in [1.29, 1.82) is 0 Å². The van der Waals surface area contributed by atoms with Gasteiger partial charge in [0.05, 0.1) is 10.8 Å². The molecule has 0 radical (unpaired) electrons. The Bertz CT molecular complexity index is 637. The fourth-order valence-electron chi connectivity index (χ4n) is 2.41. The number of hydrogen-bond acceptors (Lipinski definition) is 2. The Morgan fingerprint density at radius 2 is 1.81 bits per heavy atom. The van der Waals surface area contributed by atoms with Crippen LogP contribution in [0, 0.1) is 13.8 Å². The summed E-state index contributed by atoms with van der Waals surface area (Å²) in [5.41, 5.74) is 3.66. The van der Waals surface area contributed by atoms with Crippen molar-refractivity contribution in [3.05, 3.63) is 63.6 Å². The van der Waals surface area contributed by atoms with Crippen LogP contribution in [0.2, 0.25) is 0 Å². The van der Waals surface area contributed by atoms with Gasteiger partial charge in [0.15, 0.2) is 0 Å². The highest BCUT2D eigenvalue weighted by Crippen LogP contribution is 2.21. The van der Waals surface area contributed by atoms with E-state index in [1.54, 1.807) is 0 Å². The summed E-state index contributed by atoms with van der Waals surface area (Å²) < 4.78 is 13.5. The molecule has 0 spiro atoms. The zero-order valence-electron chi connectivity index (χ0n) is 12.5. The fourth-order valence-corrected chi connectivity index (χ4v) is 4.31. The lowest BCUT2D eigenvalue weighted by molar-refractivity contribution is 0.635. The molecule has 0 fully saturated rings. The van der Waals surface area contributed by atoms with Crippen LogP contribution in [-0.2, 0) is 10.8 Å². The van der Waals surface area contributed by atoms with Crippen LogP contribution < -0.4 is 5.32 Å². The van der Waals surface area contributed by atoms with Gasteiger partial charge < -0.3 is 5.32 Å². The van der Waals surface area contributed by atoms with Crippen molar-refractivity contribution in [3.8, 4) is 0 Å². The standard InChI is InChI=1S/C17H20BrNOS/c1-12-7-13(2)9-14(8-12)17(19-3)11-21(20)16-6-4-5-15(18)10-16/h4-10,17,19H,11H2,1-3H3. The number of rotatable bonds is 5. The van der Waals surface area contributed by atoms with E-state index in [-0.39, 0.29) is 6.04 Å². The maximum atomic E-state index is 12.6. The Morgan fingerprint density at radius 3 is 2.38 bits per heavy atom. The number of nitrogens with one attached hydrogen (secondary N) is 1. The second-order valence-corrected chi connectivity index (χ2v) is 7.64. The van der Waals surface area contributed by atoms with Crippen LogP contribution in [0.3, 0.4) is 0 Å². The topological polar surface area (TPSA) is 29.1 Å². The fraction of sp³-hybridized carbons (Fsp3) is 0.294. The number of hydrogen-bond donors (Lipinski definition) is 1. The predicted octanol–water partition coefficient (Wildman–Crippen LogP) is 4.13. The molecular weight excluding hydrogens is 346 g/mol. The smallest absolute Gasteiger partial charge is 0.0549 e. The van der Waals surface area contributed by atoms with E-state index in [0.717, 1.165) is 9.37 Å². The van der Waals surface area contributed by atoms with Crippen molar-refractivity contribution in [2.24, 2.45) is 0 Å². The Balaban J connectivity index is 2.20. The van der Waals surface area contributed by atoms with Crippen LogP contribution in [0.15, 0.2) is 51.8 Å². The summed E-state index contributed by atoms with van der Waals surface area (Å²) in [5, 5.41) is 3.28. The Kier molecular flexibility index (Phi) is 5.73. The lowest BCUT2D eigenvalue weighted by Gasteiger charge is -2.18.